The highest BCUT2D eigenvalue weighted by atomic mass is 32.2. The van der Waals surface area contributed by atoms with E-state index >= 15 is 0 Å². The van der Waals surface area contributed by atoms with Gasteiger partial charge in [0.05, 0.1) is 15.9 Å². The summed E-state index contributed by atoms with van der Waals surface area (Å²) in [6.45, 7) is 10.8. The van der Waals surface area contributed by atoms with E-state index in [1.54, 1.807) is 20.8 Å². The van der Waals surface area contributed by atoms with Crippen LogP contribution in [0.1, 0.15) is 45.7 Å². The zero-order valence-corrected chi connectivity index (χ0v) is 15.2. The van der Waals surface area contributed by atoms with Crippen LogP contribution in [-0.2, 0) is 20.0 Å². The van der Waals surface area contributed by atoms with E-state index in [-0.39, 0.29) is 18.2 Å². The van der Waals surface area contributed by atoms with Crippen molar-refractivity contribution in [2.45, 2.75) is 51.7 Å². The Hall–Kier alpha value is -1.36. The van der Waals surface area contributed by atoms with Crippen LogP contribution < -0.4 is 5.32 Å². The van der Waals surface area contributed by atoms with Crippen LogP contribution in [0.25, 0.3) is 0 Å². The van der Waals surface area contributed by atoms with E-state index in [4.69, 9.17) is 0 Å². The molecule has 0 saturated carbocycles. The number of aryl methyl sites for hydroxylation is 1. The lowest BCUT2D eigenvalue weighted by Crippen LogP contribution is -2.43. The zero-order valence-electron chi connectivity index (χ0n) is 14.4. The Morgan fingerprint density at radius 3 is 2.00 bits per heavy atom. The first-order valence-electron chi connectivity index (χ1n) is 7.46. The Morgan fingerprint density at radius 1 is 1.05 bits per heavy atom. The van der Waals surface area contributed by atoms with Gasteiger partial charge in [-0.25, -0.2) is 8.42 Å². The Kier molecular flexibility index (Phi) is 5.44. The molecule has 0 atom stereocenters. The predicted octanol–water partition coefficient (Wildman–Crippen LogP) is 2.60. The van der Waals surface area contributed by atoms with E-state index in [2.05, 4.69) is 5.32 Å². The largest absolute Gasteiger partial charge is 0.354 e. The summed E-state index contributed by atoms with van der Waals surface area (Å²) in [4.78, 5) is 12.4. The van der Waals surface area contributed by atoms with Crippen molar-refractivity contribution in [2.24, 2.45) is 0 Å². The molecule has 1 aromatic carbocycles. The first-order valence-corrected chi connectivity index (χ1v) is 9.11. The lowest BCUT2D eigenvalue weighted by atomic mass is 9.83. The van der Waals surface area contributed by atoms with Crippen molar-refractivity contribution in [3.63, 3.8) is 0 Å². The number of rotatable bonds is 5. The van der Waals surface area contributed by atoms with Gasteiger partial charge in [-0.15, -0.1) is 0 Å². The topological polar surface area (TPSA) is 63.2 Å². The summed E-state index contributed by atoms with van der Waals surface area (Å²) in [5.41, 5.74) is 1.35. The molecule has 0 radical (unpaired) electrons. The minimum atomic E-state index is -3.22. The smallest absolute Gasteiger partial charge is 0.230 e. The van der Waals surface area contributed by atoms with Gasteiger partial charge in [0.2, 0.25) is 5.91 Å². The summed E-state index contributed by atoms with van der Waals surface area (Å²) >= 11 is 0. The molecule has 1 amide bonds. The molecule has 0 heterocycles. The highest BCUT2D eigenvalue weighted by Crippen LogP contribution is 2.23. The number of benzene rings is 1. The maximum absolute atomic E-state index is 12.4. The summed E-state index contributed by atoms with van der Waals surface area (Å²) in [5, 5.41) is 2.75. The lowest BCUT2D eigenvalue weighted by Gasteiger charge is -2.25. The van der Waals surface area contributed by atoms with Crippen LogP contribution >= 0.6 is 0 Å². The van der Waals surface area contributed by atoms with E-state index in [0.29, 0.717) is 0 Å². The van der Waals surface area contributed by atoms with Crippen LogP contribution in [0.3, 0.4) is 0 Å². The van der Waals surface area contributed by atoms with Gasteiger partial charge in [0.1, 0.15) is 0 Å². The normalized spacial score (nSPS) is 13.0. The Bertz CT molecular complexity index is 623. The van der Waals surface area contributed by atoms with Gasteiger partial charge in [0, 0.05) is 6.54 Å². The molecule has 1 aromatic rings. The number of nitrogens with one attached hydrogen (secondary N) is 1. The monoisotopic (exact) mass is 325 g/mol. The molecule has 0 aliphatic rings. The second-order valence-corrected chi connectivity index (χ2v) is 10.0. The summed E-state index contributed by atoms with van der Waals surface area (Å²) in [6.07, 6.45) is 0. The van der Waals surface area contributed by atoms with Gasteiger partial charge in [0.15, 0.2) is 9.84 Å². The van der Waals surface area contributed by atoms with Crippen LogP contribution in [-0.4, -0.2) is 31.4 Å². The molecule has 0 unspecified atom stereocenters. The maximum Gasteiger partial charge on any atom is 0.230 e. The summed E-state index contributed by atoms with van der Waals surface area (Å²) in [7, 11) is -3.22. The van der Waals surface area contributed by atoms with Gasteiger partial charge in [0.25, 0.3) is 0 Å². The zero-order chi connectivity index (χ0) is 17.2. The van der Waals surface area contributed by atoms with Crippen molar-refractivity contribution < 1.29 is 13.2 Å². The number of sulfone groups is 1. The fraction of sp³-hybridized carbons (Fsp3) is 0.588. The molecular weight excluding hydrogens is 298 g/mol. The summed E-state index contributed by atoms with van der Waals surface area (Å²) < 4.78 is 23.3. The molecule has 0 fully saturated rings. The Labute approximate surface area is 134 Å². The average molecular weight is 325 g/mol. The van der Waals surface area contributed by atoms with Crippen LogP contribution in [0.2, 0.25) is 0 Å². The minimum absolute atomic E-state index is 0.0494. The molecule has 0 saturated heterocycles. The van der Waals surface area contributed by atoms with E-state index in [1.165, 1.54) is 0 Å². The number of hydrogen-bond acceptors (Lipinski definition) is 3. The first-order chi connectivity index (χ1) is 9.88. The Balaban J connectivity index is 2.71. The first kappa shape index (κ1) is 18.7. The van der Waals surface area contributed by atoms with E-state index in [1.807, 2.05) is 45.0 Å². The van der Waals surface area contributed by atoms with Gasteiger partial charge in [-0.05, 0) is 47.1 Å². The predicted molar refractivity (Wildman–Crippen MR) is 90.8 cm³/mol. The number of amides is 1. The van der Waals surface area contributed by atoms with E-state index in [0.717, 1.165) is 11.1 Å². The number of hydrogen-bond donors (Lipinski definition) is 1. The third-order valence-corrected chi connectivity index (χ3v) is 6.54. The van der Waals surface area contributed by atoms with Crippen molar-refractivity contribution >= 4 is 15.7 Å². The highest BCUT2D eigenvalue weighted by Gasteiger charge is 2.31. The molecular formula is C17H27NO3S. The summed E-state index contributed by atoms with van der Waals surface area (Å²) in [6, 6.07) is 7.80. The second-order valence-electron chi connectivity index (χ2n) is 7.18. The SMILES string of the molecule is Cc1ccc(C(C)(C)C(=O)NCCS(=O)(=O)C(C)(C)C)cc1. The van der Waals surface area contributed by atoms with Crippen molar-refractivity contribution in [3.8, 4) is 0 Å². The molecule has 4 nitrogen and oxygen atoms in total. The molecule has 0 aromatic heterocycles. The fourth-order valence-corrected chi connectivity index (χ4v) is 2.91. The molecule has 0 bridgehead atoms. The molecule has 0 aliphatic carbocycles. The molecule has 5 heteroatoms. The van der Waals surface area contributed by atoms with Crippen molar-refractivity contribution in [3.05, 3.63) is 35.4 Å². The van der Waals surface area contributed by atoms with E-state index in [9.17, 15) is 13.2 Å². The number of carbonyl (C=O) groups excluding carboxylic acids is 1. The van der Waals surface area contributed by atoms with Crippen molar-refractivity contribution in [2.75, 3.05) is 12.3 Å². The van der Waals surface area contributed by atoms with Gasteiger partial charge >= 0.3 is 0 Å². The standard InChI is InChI=1S/C17H27NO3S/c1-13-7-9-14(10-8-13)17(5,6)15(19)18-11-12-22(20,21)16(2,3)4/h7-10H,11-12H2,1-6H3,(H,18,19). The molecule has 0 aliphatic heterocycles. The second kappa shape index (κ2) is 6.41. The average Bonchev–Trinajstić information content (AvgIpc) is 2.37. The lowest BCUT2D eigenvalue weighted by molar-refractivity contribution is -0.125. The van der Waals surface area contributed by atoms with Gasteiger partial charge in [-0.1, -0.05) is 29.8 Å². The van der Waals surface area contributed by atoms with Gasteiger partial charge in [-0.3, -0.25) is 4.79 Å². The van der Waals surface area contributed by atoms with Crippen molar-refractivity contribution in [1.82, 2.24) is 5.32 Å². The summed E-state index contributed by atoms with van der Waals surface area (Å²) in [5.74, 6) is -0.216. The van der Waals surface area contributed by atoms with Crippen molar-refractivity contribution in [1.29, 1.82) is 0 Å². The molecule has 1 N–H and O–H groups in total. The van der Waals surface area contributed by atoms with Crippen LogP contribution in [0.4, 0.5) is 0 Å². The molecule has 22 heavy (non-hydrogen) atoms. The number of carbonyl (C=O) groups is 1. The maximum atomic E-state index is 12.4. The van der Waals surface area contributed by atoms with Gasteiger partial charge in [-0.2, -0.15) is 0 Å². The van der Waals surface area contributed by atoms with Crippen LogP contribution in [0.5, 0.6) is 0 Å². The highest BCUT2D eigenvalue weighted by molar-refractivity contribution is 7.92. The quantitative estimate of drug-likeness (QED) is 0.905. The van der Waals surface area contributed by atoms with Gasteiger partial charge < -0.3 is 5.32 Å². The molecule has 1 rings (SSSR count). The molecule has 0 spiro atoms. The third-order valence-electron chi connectivity index (χ3n) is 3.93. The van der Waals surface area contributed by atoms with Crippen LogP contribution in [0, 0.1) is 6.92 Å². The fourth-order valence-electron chi connectivity index (χ4n) is 1.93. The Morgan fingerprint density at radius 2 is 1.55 bits per heavy atom. The molecule has 124 valence electrons. The van der Waals surface area contributed by atoms with Crippen LogP contribution in [0.15, 0.2) is 24.3 Å². The minimum Gasteiger partial charge on any atom is -0.354 e. The third kappa shape index (κ3) is 4.32. The van der Waals surface area contributed by atoms with E-state index < -0.39 is 20.0 Å².